The number of hydrogen-bond donors (Lipinski definition) is 3. The van der Waals surface area contributed by atoms with E-state index in [-0.39, 0.29) is 23.0 Å². The van der Waals surface area contributed by atoms with Crippen LogP contribution in [-0.4, -0.2) is 47.6 Å². The number of hydrazone groups is 1. The molecule has 1 fully saturated rings. The maximum absolute atomic E-state index is 12.3. The second kappa shape index (κ2) is 9.11. The van der Waals surface area contributed by atoms with E-state index in [2.05, 4.69) is 25.4 Å². The van der Waals surface area contributed by atoms with Crippen LogP contribution in [0.3, 0.4) is 0 Å². The van der Waals surface area contributed by atoms with Crippen molar-refractivity contribution < 1.29 is 9.84 Å². The van der Waals surface area contributed by atoms with Crippen LogP contribution in [0, 0.1) is 11.3 Å². The van der Waals surface area contributed by atoms with E-state index in [1.807, 2.05) is 18.2 Å². The number of H-pyrrole nitrogens is 1. The van der Waals surface area contributed by atoms with Crippen LogP contribution in [0.15, 0.2) is 58.4 Å². The zero-order valence-electron chi connectivity index (χ0n) is 16.6. The van der Waals surface area contributed by atoms with Gasteiger partial charge in [-0.1, -0.05) is 30.3 Å². The minimum Gasteiger partial charge on any atom is -0.507 e. The number of nitriles is 1. The van der Waals surface area contributed by atoms with E-state index in [0.29, 0.717) is 24.3 Å². The Kier molecular flexibility index (Phi) is 5.91. The average Bonchev–Trinajstić information content (AvgIpc) is 2.81. The number of aromatic nitrogens is 2. The van der Waals surface area contributed by atoms with Crippen molar-refractivity contribution in [2.75, 3.05) is 36.6 Å². The molecular formula is C22H20N6O3. The van der Waals surface area contributed by atoms with Crippen LogP contribution in [0.2, 0.25) is 0 Å². The third-order valence-corrected chi connectivity index (χ3v) is 4.84. The number of hydrogen-bond acceptors (Lipinski definition) is 8. The summed E-state index contributed by atoms with van der Waals surface area (Å²) in [7, 11) is 0. The van der Waals surface area contributed by atoms with E-state index in [1.54, 1.807) is 36.4 Å². The highest BCUT2D eigenvalue weighted by Gasteiger charge is 2.14. The Balaban J connectivity index is 1.53. The Bertz CT molecular complexity index is 1190. The lowest BCUT2D eigenvalue weighted by atomic mass is 10.1. The lowest BCUT2D eigenvalue weighted by molar-refractivity contribution is 0.122. The summed E-state index contributed by atoms with van der Waals surface area (Å²) in [6, 6.07) is 16.2. The monoisotopic (exact) mass is 416 g/mol. The standard InChI is InChI=1S/C22H20N6O3/c23-13-18-20(15-4-2-1-3-5-15)25-22(26-21(18)30)27-24-14-16-6-7-17(12-19(16)29)28-8-10-31-11-9-28/h1-7,12,14,29H,8-11H2,(H2,25,26,27,30). The predicted molar refractivity (Wildman–Crippen MR) is 117 cm³/mol. The fourth-order valence-electron chi connectivity index (χ4n) is 3.26. The van der Waals surface area contributed by atoms with E-state index in [1.165, 1.54) is 6.21 Å². The van der Waals surface area contributed by atoms with Gasteiger partial charge in [0.05, 0.1) is 25.1 Å². The highest BCUT2D eigenvalue weighted by Crippen LogP contribution is 2.24. The minimum absolute atomic E-state index is 0.0722. The van der Waals surface area contributed by atoms with Crippen LogP contribution in [0.5, 0.6) is 5.75 Å². The fourth-order valence-corrected chi connectivity index (χ4v) is 3.26. The number of ether oxygens (including phenoxy) is 1. The zero-order chi connectivity index (χ0) is 21.6. The van der Waals surface area contributed by atoms with Crippen LogP contribution >= 0.6 is 0 Å². The molecule has 0 bridgehead atoms. The Hall–Kier alpha value is -4.16. The molecule has 0 spiro atoms. The molecule has 0 atom stereocenters. The second-order valence-corrected chi connectivity index (χ2v) is 6.83. The number of nitrogens with zero attached hydrogens (tertiary/aromatic N) is 4. The molecule has 0 aliphatic carbocycles. The summed E-state index contributed by atoms with van der Waals surface area (Å²) < 4.78 is 5.35. The number of phenolic OH excluding ortho intramolecular Hbond substituents is 1. The molecule has 1 aliphatic rings. The molecule has 1 aromatic heterocycles. The average molecular weight is 416 g/mol. The van der Waals surface area contributed by atoms with Crippen molar-refractivity contribution in [1.29, 1.82) is 5.26 Å². The minimum atomic E-state index is -0.563. The van der Waals surface area contributed by atoms with Gasteiger partial charge in [0, 0.05) is 36.0 Å². The highest BCUT2D eigenvalue weighted by molar-refractivity contribution is 5.85. The van der Waals surface area contributed by atoms with Crippen molar-refractivity contribution in [3.8, 4) is 23.1 Å². The first-order chi connectivity index (χ1) is 15.2. The third-order valence-electron chi connectivity index (χ3n) is 4.84. The lowest BCUT2D eigenvalue weighted by Gasteiger charge is -2.29. The molecule has 9 nitrogen and oxygen atoms in total. The number of rotatable bonds is 5. The molecule has 1 aliphatic heterocycles. The maximum atomic E-state index is 12.3. The van der Waals surface area contributed by atoms with Crippen molar-refractivity contribution in [3.05, 3.63) is 70.0 Å². The SMILES string of the molecule is N#Cc1c(-c2ccccc2)nc(NN=Cc2ccc(N3CCOCC3)cc2O)[nH]c1=O. The number of aromatic amines is 1. The summed E-state index contributed by atoms with van der Waals surface area (Å²) in [6.45, 7) is 2.87. The molecule has 4 rings (SSSR count). The highest BCUT2D eigenvalue weighted by atomic mass is 16.5. The van der Waals surface area contributed by atoms with Crippen molar-refractivity contribution in [1.82, 2.24) is 9.97 Å². The molecule has 0 saturated carbocycles. The van der Waals surface area contributed by atoms with Gasteiger partial charge in [-0.3, -0.25) is 9.78 Å². The number of morpholine rings is 1. The van der Waals surface area contributed by atoms with Gasteiger partial charge in [0.15, 0.2) is 0 Å². The number of aromatic hydroxyl groups is 1. The van der Waals surface area contributed by atoms with Gasteiger partial charge in [-0.2, -0.15) is 10.4 Å². The van der Waals surface area contributed by atoms with E-state index in [9.17, 15) is 15.2 Å². The predicted octanol–water partition coefficient (Wildman–Crippen LogP) is 2.30. The Morgan fingerprint density at radius 3 is 2.71 bits per heavy atom. The van der Waals surface area contributed by atoms with Crippen molar-refractivity contribution in [3.63, 3.8) is 0 Å². The molecule has 0 unspecified atom stereocenters. The van der Waals surface area contributed by atoms with Crippen LogP contribution in [0.1, 0.15) is 11.1 Å². The summed E-state index contributed by atoms with van der Waals surface area (Å²) in [5.74, 6) is 0.171. The molecule has 31 heavy (non-hydrogen) atoms. The fraction of sp³-hybridized carbons (Fsp3) is 0.182. The van der Waals surface area contributed by atoms with Gasteiger partial charge in [-0.05, 0) is 12.1 Å². The Morgan fingerprint density at radius 2 is 2.00 bits per heavy atom. The quantitative estimate of drug-likeness (QED) is 0.430. The molecule has 9 heteroatoms. The van der Waals surface area contributed by atoms with Gasteiger partial charge in [0.2, 0.25) is 5.95 Å². The van der Waals surface area contributed by atoms with E-state index < -0.39 is 5.56 Å². The topological polar surface area (TPSA) is 127 Å². The normalized spacial score (nSPS) is 13.8. The first-order valence-electron chi connectivity index (χ1n) is 9.70. The van der Waals surface area contributed by atoms with Crippen LogP contribution in [0.25, 0.3) is 11.3 Å². The molecule has 2 aromatic carbocycles. The second-order valence-electron chi connectivity index (χ2n) is 6.83. The van der Waals surface area contributed by atoms with E-state index in [4.69, 9.17) is 4.74 Å². The van der Waals surface area contributed by atoms with Gasteiger partial charge in [0.25, 0.3) is 5.56 Å². The van der Waals surface area contributed by atoms with Crippen molar-refractivity contribution in [2.24, 2.45) is 5.10 Å². The van der Waals surface area contributed by atoms with Crippen LogP contribution in [-0.2, 0) is 4.74 Å². The van der Waals surface area contributed by atoms with Crippen LogP contribution < -0.4 is 15.9 Å². The summed E-state index contributed by atoms with van der Waals surface area (Å²) in [4.78, 5) is 21.2. The van der Waals surface area contributed by atoms with E-state index >= 15 is 0 Å². The first-order valence-corrected chi connectivity index (χ1v) is 9.70. The van der Waals surface area contributed by atoms with Gasteiger partial charge in [-0.15, -0.1) is 0 Å². The summed E-state index contributed by atoms with van der Waals surface area (Å²) in [6.07, 6.45) is 1.43. The maximum Gasteiger partial charge on any atom is 0.270 e. The van der Waals surface area contributed by atoms with E-state index in [0.717, 1.165) is 18.8 Å². The Labute approximate surface area is 178 Å². The first kappa shape index (κ1) is 20.1. The smallest absolute Gasteiger partial charge is 0.270 e. The molecular weight excluding hydrogens is 396 g/mol. The number of benzene rings is 2. The molecule has 156 valence electrons. The summed E-state index contributed by atoms with van der Waals surface area (Å²) in [5, 5.41) is 23.7. The summed E-state index contributed by atoms with van der Waals surface area (Å²) in [5.41, 5.74) is 4.35. The lowest BCUT2D eigenvalue weighted by Crippen LogP contribution is -2.36. The van der Waals surface area contributed by atoms with Crippen molar-refractivity contribution >= 4 is 17.9 Å². The largest absolute Gasteiger partial charge is 0.507 e. The van der Waals surface area contributed by atoms with Gasteiger partial charge < -0.3 is 14.7 Å². The zero-order valence-corrected chi connectivity index (χ0v) is 16.6. The van der Waals surface area contributed by atoms with Gasteiger partial charge in [0.1, 0.15) is 17.4 Å². The van der Waals surface area contributed by atoms with Gasteiger partial charge >= 0.3 is 0 Å². The molecule has 2 heterocycles. The molecule has 0 radical (unpaired) electrons. The molecule has 3 aromatic rings. The van der Waals surface area contributed by atoms with Crippen LogP contribution in [0.4, 0.5) is 11.6 Å². The third kappa shape index (κ3) is 4.55. The molecule has 1 saturated heterocycles. The number of phenols is 1. The summed E-state index contributed by atoms with van der Waals surface area (Å²) >= 11 is 0. The number of anilines is 2. The van der Waals surface area contributed by atoms with Crippen molar-refractivity contribution in [2.45, 2.75) is 0 Å². The van der Waals surface area contributed by atoms with Gasteiger partial charge in [-0.25, -0.2) is 10.4 Å². The Morgan fingerprint density at radius 1 is 1.23 bits per heavy atom. The molecule has 3 N–H and O–H groups in total. The molecule has 0 amide bonds. The number of nitrogens with one attached hydrogen (secondary N) is 2.